The van der Waals surface area contributed by atoms with Crippen molar-refractivity contribution >= 4 is 5.91 Å². The molecular formula is C20H35N5O3. The maximum absolute atomic E-state index is 12.4. The Hall–Kier alpha value is -1.51. The van der Waals surface area contributed by atoms with Crippen LogP contribution in [0.3, 0.4) is 0 Å². The Kier molecular flexibility index (Phi) is 7.82. The number of methoxy groups -OCH3 is 1. The zero-order valence-electron chi connectivity index (χ0n) is 17.5. The van der Waals surface area contributed by atoms with Crippen molar-refractivity contribution in [3.05, 3.63) is 11.7 Å². The number of carbonyl (C=O) groups excluding carboxylic acids is 1. The number of nitrogens with one attached hydrogen (secondary N) is 1. The highest BCUT2D eigenvalue weighted by molar-refractivity contribution is 5.78. The zero-order chi connectivity index (χ0) is 19.9. The van der Waals surface area contributed by atoms with Gasteiger partial charge in [0.25, 0.3) is 0 Å². The average Bonchev–Trinajstić information content (AvgIpc) is 3.18. The van der Waals surface area contributed by atoms with Gasteiger partial charge in [-0.3, -0.25) is 14.6 Å². The minimum atomic E-state index is 0.109. The van der Waals surface area contributed by atoms with Crippen molar-refractivity contribution in [3.63, 3.8) is 0 Å². The third kappa shape index (κ3) is 5.75. The molecule has 8 nitrogen and oxygen atoms in total. The Morgan fingerprint density at radius 3 is 2.75 bits per heavy atom. The highest BCUT2D eigenvalue weighted by Crippen LogP contribution is 2.24. The second kappa shape index (κ2) is 10.3. The maximum Gasteiger partial charge on any atom is 0.229 e. The van der Waals surface area contributed by atoms with Crippen LogP contribution < -0.4 is 5.32 Å². The van der Waals surface area contributed by atoms with Crippen molar-refractivity contribution in [2.75, 3.05) is 46.4 Å². The second-order valence-electron chi connectivity index (χ2n) is 8.33. The lowest BCUT2D eigenvalue weighted by Gasteiger charge is -2.41. The summed E-state index contributed by atoms with van der Waals surface area (Å²) in [5.74, 6) is 2.06. The van der Waals surface area contributed by atoms with Crippen LogP contribution in [0, 0.1) is 5.92 Å². The zero-order valence-corrected chi connectivity index (χ0v) is 17.5. The van der Waals surface area contributed by atoms with E-state index in [0.29, 0.717) is 25.1 Å². The SMILES string of the molecule is COCCNC(=O)C1CCCN(C2CCN(Cc3noc(C(C)C)n3)CC2)C1. The second-order valence-corrected chi connectivity index (χ2v) is 8.33. The standard InChI is InChI=1S/C20H35N5O3/c1-15(2)20-22-18(23-28-20)14-24-10-6-17(7-11-24)25-9-4-5-16(13-25)19(26)21-8-12-27-3/h15-17H,4-14H2,1-3H3,(H,21,26). The van der Waals surface area contributed by atoms with Crippen molar-refractivity contribution in [1.29, 1.82) is 0 Å². The van der Waals surface area contributed by atoms with E-state index < -0.39 is 0 Å². The van der Waals surface area contributed by atoms with Gasteiger partial charge in [-0.2, -0.15) is 4.98 Å². The molecule has 2 aliphatic rings. The molecule has 0 radical (unpaired) electrons. The molecule has 1 unspecified atom stereocenters. The lowest BCUT2D eigenvalue weighted by atomic mass is 9.93. The highest BCUT2D eigenvalue weighted by atomic mass is 16.5. The van der Waals surface area contributed by atoms with Crippen LogP contribution in [0.25, 0.3) is 0 Å². The van der Waals surface area contributed by atoms with Gasteiger partial charge in [0, 0.05) is 45.2 Å². The van der Waals surface area contributed by atoms with Crippen molar-refractivity contribution in [3.8, 4) is 0 Å². The number of rotatable bonds is 8. The van der Waals surface area contributed by atoms with Gasteiger partial charge in [-0.1, -0.05) is 19.0 Å². The Balaban J connectivity index is 1.43. The summed E-state index contributed by atoms with van der Waals surface area (Å²) in [5, 5.41) is 7.11. The molecular weight excluding hydrogens is 358 g/mol. The van der Waals surface area contributed by atoms with E-state index in [0.717, 1.165) is 64.2 Å². The quantitative estimate of drug-likeness (QED) is 0.672. The van der Waals surface area contributed by atoms with Gasteiger partial charge in [0.15, 0.2) is 5.82 Å². The number of likely N-dealkylation sites (tertiary alicyclic amines) is 2. The van der Waals surface area contributed by atoms with Crippen LogP contribution in [-0.4, -0.2) is 78.3 Å². The summed E-state index contributed by atoms with van der Waals surface area (Å²) in [4.78, 5) is 21.8. The maximum atomic E-state index is 12.4. The van der Waals surface area contributed by atoms with Gasteiger partial charge in [0.1, 0.15) is 0 Å². The predicted octanol–water partition coefficient (Wildman–Crippen LogP) is 1.63. The van der Waals surface area contributed by atoms with Crippen LogP contribution in [0.1, 0.15) is 57.2 Å². The van der Waals surface area contributed by atoms with Crippen LogP contribution in [0.2, 0.25) is 0 Å². The van der Waals surface area contributed by atoms with Crippen LogP contribution in [0.4, 0.5) is 0 Å². The minimum absolute atomic E-state index is 0.109. The topological polar surface area (TPSA) is 83.7 Å². The lowest BCUT2D eigenvalue weighted by molar-refractivity contribution is -0.127. The monoisotopic (exact) mass is 393 g/mol. The normalized spacial score (nSPS) is 22.6. The van der Waals surface area contributed by atoms with Gasteiger partial charge in [-0.15, -0.1) is 0 Å². The molecule has 0 aromatic carbocycles. The molecule has 28 heavy (non-hydrogen) atoms. The van der Waals surface area contributed by atoms with E-state index in [4.69, 9.17) is 9.26 Å². The molecule has 0 spiro atoms. The van der Waals surface area contributed by atoms with Crippen molar-refractivity contribution in [1.82, 2.24) is 25.3 Å². The molecule has 8 heteroatoms. The van der Waals surface area contributed by atoms with E-state index in [1.165, 1.54) is 0 Å². The number of amides is 1. The first kappa shape index (κ1) is 21.2. The summed E-state index contributed by atoms with van der Waals surface area (Å²) in [6.07, 6.45) is 4.35. The molecule has 3 rings (SSSR count). The molecule has 2 fully saturated rings. The summed E-state index contributed by atoms with van der Waals surface area (Å²) >= 11 is 0. The van der Waals surface area contributed by atoms with E-state index in [2.05, 4.69) is 39.1 Å². The summed E-state index contributed by atoms with van der Waals surface area (Å²) in [5.41, 5.74) is 0. The first-order valence-corrected chi connectivity index (χ1v) is 10.6. The Morgan fingerprint density at radius 2 is 2.07 bits per heavy atom. The first-order valence-electron chi connectivity index (χ1n) is 10.6. The van der Waals surface area contributed by atoms with E-state index in [9.17, 15) is 4.79 Å². The van der Waals surface area contributed by atoms with Crippen LogP contribution >= 0.6 is 0 Å². The van der Waals surface area contributed by atoms with Gasteiger partial charge in [-0.05, 0) is 32.2 Å². The molecule has 158 valence electrons. The number of hydrogen-bond acceptors (Lipinski definition) is 7. The fraction of sp³-hybridized carbons (Fsp3) is 0.850. The third-order valence-corrected chi connectivity index (χ3v) is 5.85. The number of nitrogens with zero attached hydrogens (tertiary/aromatic N) is 4. The van der Waals surface area contributed by atoms with E-state index in [1.807, 2.05) is 0 Å². The highest BCUT2D eigenvalue weighted by Gasteiger charge is 2.31. The molecule has 1 amide bonds. The summed E-state index contributed by atoms with van der Waals surface area (Å²) < 4.78 is 10.3. The van der Waals surface area contributed by atoms with Gasteiger partial charge in [-0.25, -0.2) is 0 Å². The number of carbonyl (C=O) groups is 1. The third-order valence-electron chi connectivity index (χ3n) is 5.85. The number of hydrogen-bond donors (Lipinski definition) is 1. The number of aromatic nitrogens is 2. The fourth-order valence-corrected chi connectivity index (χ4v) is 4.18. The van der Waals surface area contributed by atoms with Crippen molar-refractivity contribution in [2.24, 2.45) is 5.92 Å². The minimum Gasteiger partial charge on any atom is -0.383 e. The summed E-state index contributed by atoms with van der Waals surface area (Å²) in [6, 6.07) is 0.572. The van der Waals surface area contributed by atoms with Gasteiger partial charge < -0.3 is 14.6 Å². The molecule has 1 aromatic heterocycles. The number of ether oxygens (including phenoxy) is 1. The molecule has 1 aromatic rings. The summed E-state index contributed by atoms with van der Waals surface area (Å²) in [7, 11) is 1.66. The molecule has 0 saturated carbocycles. The van der Waals surface area contributed by atoms with E-state index >= 15 is 0 Å². The molecule has 1 N–H and O–H groups in total. The van der Waals surface area contributed by atoms with Crippen LogP contribution in [-0.2, 0) is 16.1 Å². The average molecular weight is 394 g/mol. The fourth-order valence-electron chi connectivity index (χ4n) is 4.18. The van der Waals surface area contributed by atoms with Gasteiger partial charge in [0.2, 0.25) is 11.8 Å². The molecule has 3 heterocycles. The van der Waals surface area contributed by atoms with Crippen LogP contribution in [0.5, 0.6) is 0 Å². The number of piperidine rings is 2. The Bertz CT molecular complexity index is 613. The van der Waals surface area contributed by atoms with Crippen molar-refractivity contribution in [2.45, 2.75) is 58.0 Å². The molecule has 0 bridgehead atoms. The van der Waals surface area contributed by atoms with Crippen molar-refractivity contribution < 1.29 is 14.1 Å². The van der Waals surface area contributed by atoms with Crippen LogP contribution in [0.15, 0.2) is 4.52 Å². The van der Waals surface area contributed by atoms with Gasteiger partial charge in [0.05, 0.1) is 19.1 Å². The Morgan fingerprint density at radius 1 is 1.29 bits per heavy atom. The molecule has 0 aliphatic carbocycles. The molecule has 1 atom stereocenters. The summed E-state index contributed by atoms with van der Waals surface area (Å²) in [6.45, 7) is 10.1. The largest absolute Gasteiger partial charge is 0.383 e. The van der Waals surface area contributed by atoms with Gasteiger partial charge >= 0.3 is 0 Å². The molecule has 2 aliphatic heterocycles. The Labute approximate surface area is 168 Å². The predicted molar refractivity (Wildman–Crippen MR) is 106 cm³/mol. The van der Waals surface area contributed by atoms with E-state index in [-0.39, 0.29) is 17.7 Å². The smallest absolute Gasteiger partial charge is 0.229 e. The van der Waals surface area contributed by atoms with E-state index in [1.54, 1.807) is 7.11 Å². The first-order chi connectivity index (χ1) is 13.6. The lowest BCUT2D eigenvalue weighted by Crippen LogP contribution is -2.50. The molecule has 2 saturated heterocycles.